The highest BCUT2D eigenvalue weighted by atomic mass is 28.3. The molecule has 0 radical (unpaired) electrons. The second-order valence-corrected chi connectivity index (χ2v) is 17.6. The fourth-order valence-electron chi connectivity index (χ4n) is 7.97. The lowest BCUT2D eigenvalue weighted by molar-refractivity contribution is 1.28. The molecule has 0 amide bonds. The first-order valence-electron chi connectivity index (χ1n) is 18.6. The Morgan fingerprint density at radius 2 is 0.574 bits per heavy atom. The van der Waals surface area contributed by atoms with Crippen LogP contribution in [-0.2, 0) is 0 Å². The quantitative estimate of drug-likeness (QED) is 0.107. The van der Waals surface area contributed by atoms with Crippen LogP contribution in [0.1, 0.15) is 0 Å². The molecular formula is C52H39NSi. The molecule has 0 bridgehead atoms. The molecule has 0 unspecified atom stereocenters. The molecule has 0 spiro atoms. The Balaban J connectivity index is 1.12. The molecule has 0 atom stereocenters. The fraction of sp³-hybridized carbons (Fsp3) is 0. The molecule has 54 heavy (non-hydrogen) atoms. The van der Waals surface area contributed by atoms with Gasteiger partial charge in [-0.1, -0.05) is 194 Å². The first-order valence-corrected chi connectivity index (χ1v) is 20.6. The first kappa shape index (κ1) is 33.1. The zero-order chi connectivity index (χ0) is 36.2. The van der Waals surface area contributed by atoms with Gasteiger partial charge in [0.2, 0.25) is 0 Å². The number of anilines is 3. The van der Waals surface area contributed by atoms with Crippen LogP contribution in [0.25, 0.3) is 33.0 Å². The number of rotatable bonds is 9. The monoisotopic (exact) mass is 705 g/mol. The molecular weight excluding hydrogens is 667 g/mol. The Morgan fingerprint density at radius 1 is 0.241 bits per heavy atom. The molecule has 0 aromatic heterocycles. The summed E-state index contributed by atoms with van der Waals surface area (Å²) in [5, 5.41) is 7.98. The van der Waals surface area contributed by atoms with Gasteiger partial charge in [0.15, 0.2) is 8.07 Å². The molecule has 0 heterocycles. The summed E-state index contributed by atoms with van der Waals surface area (Å²) in [6.45, 7) is 0. The van der Waals surface area contributed by atoms with E-state index in [1.807, 2.05) is 0 Å². The molecule has 9 aromatic carbocycles. The van der Waals surface area contributed by atoms with Crippen LogP contribution in [0.15, 0.2) is 237 Å². The van der Waals surface area contributed by atoms with Crippen LogP contribution in [0.4, 0.5) is 17.1 Å². The molecule has 0 fully saturated rings. The molecule has 1 nitrogen and oxygen atoms in total. The predicted octanol–water partition coefficient (Wildman–Crippen LogP) is 11.0. The van der Waals surface area contributed by atoms with Crippen LogP contribution in [0.5, 0.6) is 0 Å². The van der Waals surface area contributed by atoms with Gasteiger partial charge in [0, 0.05) is 17.1 Å². The van der Waals surface area contributed by atoms with Crippen molar-refractivity contribution in [1.82, 2.24) is 0 Å². The summed E-state index contributed by atoms with van der Waals surface area (Å²) in [4.78, 5) is 2.30. The van der Waals surface area contributed by atoms with E-state index in [-0.39, 0.29) is 0 Å². The molecule has 9 rings (SSSR count). The number of hydrogen-bond acceptors (Lipinski definition) is 1. The Kier molecular flexibility index (Phi) is 9.02. The zero-order valence-electron chi connectivity index (χ0n) is 30.0. The second-order valence-electron chi connectivity index (χ2n) is 13.8. The molecule has 0 aliphatic carbocycles. The van der Waals surface area contributed by atoms with E-state index in [0.29, 0.717) is 0 Å². The highest BCUT2D eigenvalue weighted by Gasteiger charge is 2.41. The van der Waals surface area contributed by atoms with E-state index in [1.54, 1.807) is 0 Å². The van der Waals surface area contributed by atoms with Crippen LogP contribution in [0, 0.1) is 0 Å². The van der Waals surface area contributed by atoms with E-state index in [9.17, 15) is 0 Å². The maximum Gasteiger partial charge on any atom is 0.179 e. The summed E-state index contributed by atoms with van der Waals surface area (Å²) >= 11 is 0. The van der Waals surface area contributed by atoms with Crippen molar-refractivity contribution < 1.29 is 0 Å². The summed E-state index contributed by atoms with van der Waals surface area (Å²) in [6.07, 6.45) is 0. The van der Waals surface area contributed by atoms with Gasteiger partial charge in [-0.05, 0) is 96.2 Å². The van der Waals surface area contributed by atoms with E-state index in [0.717, 1.165) is 17.1 Å². The van der Waals surface area contributed by atoms with Crippen molar-refractivity contribution >= 4 is 56.7 Å². The van der Waals surface area contributed by atoms with Crippen LogP contribution >= 0.6 is 0 Å². The van der Waals surface area contributed by atoms with Gasteiger partial charge in [-0.15, -0.1) is 0 Å². The number of hydrogen-bond donors (Lipinski definition) is 0. The third kappa shape index (κ3) is 6.23. The van der Waals surface area contributed by atoms with Gasteiger partial charge in [0.25, 0.3) is 0 Å². The van der Waals surface area contributed by atoms with Gasteiger partial charge < -0.3 is 4.90 Å². The van der Waals surface area contributed by atoms with E-state index >= 15 is 0 Å². The van der Waals surface area contributed by atoms with Crippen LogP contribution in [-0.4, -0.2) is 8.07 Å². The van der Waals surface area contributed by atoms with Crippen LogP contribution in [0.3, 0.4) is 0 Å². The number of benzene rings is 9. The lowest BCUT2D eigenvalue weighted by atomic mass is 10.0. The van der Waals surface area contributed by atoms with Gasteiger partial charge in [-0.3, -0.25) is 0 Å². The maximum absolute atomic E-state index is 2.70. The SMILES string of the molecule is c1ccc(N(c2ccccc2)c2ccc(-c3ccc([Si](c4ccccc4)(c4ccccc4)c4ccc(-c5ccc6ccccc6c5)cc4)cc3)cc2)cc1. The first-order chi connectivity index (χ1) is 26.8. The minimum absolute atomic E-state index is 1.12. The van der Waals surface area contributed by atoms with Gasteiger partial charge >= 0.3 is 0 Å². The van der Waals surface area contributed by atoms with Gasteiger partial charge in [0.1, 0.15) is 0 Å². The summed E-state index contributed by atoms with van der Waals surface area (Å²) in [7, 11) is -2.70. The Morgan fingerprint density at radius 3 is 1.06 bits per heavy atom. The summed E-state index contributed by atoms with van der Waals surface area (Å²) in [5.74, 6) is 0. The van der Waals surface area contributed by atoms with Crippen molar-refractivity contribution in [2.24, 2.45) is 0 Å². The Bertz CT molecular complexity index is 2520. The topological polar surface area (TPSA) is 3.24 Å². The maximum atomic E-state index is 2.38. The standard InChI is InChI=1S/C52H39NSi/c1-5-17-46(18-6-1)53(47-19-7-2-8-20-47)48-33-27-41(28-34-48)42-29-35-51(36-30-42)54(49-21-9-3-10-22-49,50-23-11-4-12-24-50)52-37-31-43(32-38-52)45-26-25-40-15-13-14-16-44(40)39-45/h1-39H. The average Bonchev–Trinajstić information content (AvgIpc) is 3.26. The predicted molar refractivity (Wildman–Crippen MR) is 233 cm³/mol. The number of fused-ring (bicyclic) bond motifs is 1. The largest absolute Gasteiger partial charge is 0.311 e. The lowest BCUT2D eigenvalue weighted by Crippen LogP contribution is -2.74. The summed E-state index contributed by atoms with van der Waals surface area (Å²) in [6, 6.07) is 86.5. The van der Waals surface area contributed by atoms with Crippen molar-refractivity contribution in [2.45, 2.75) is 0 Å². The molecule has 2 heteroatoms. The Labute approximate surface area is 319 Å². The highest BCUT2D eigenvalue weighted by molar-refractivity contribution is 7.19. The fourth-order valence-corrected chi connectivity index (χ4v) is 12.7. The minimum Gasteiger partial charge on any atom is -0.311 e. The van der Waals surface area contributed by atoms with Crippen LogP contribution in [0.2, 0.25) is 0 Å². The molecule has 0 aliphatic heterocycles. The summed E-state index contributed by atoms with van der Waals surface area (Å²) in [5.41, 5.74) is 8.25. The minimum atomic E-state index is -2.70. The van der Waals surface area contributed by atoms with Crippen molar-refractivity contribution in [2.75, 3.05) is 4.90 Å². The van der Waals surface area contributed by atoms with Crippen molar-refractivity contribution in [1.29, 1.82) is 0 Å². The smallest absolute Gasteiger partial charge is 0.179 e. The second kappa shape index (κ2) is 14.7. The third-order valence-corrected chi connectivity index (χ3v) is 15.4. The molecule has 0 aliphatic rings. The zero-order valence-corrected chi connectivity index (χ0v) is 31.0. The third-order valence-electron chi connectivity index (χ3n) is 10.6. The van der Waals surface area contributed by atoms with E-state index in [2.05, 4.69) is 241 Å². The van der Waals surface area contributed by atoms with E-state index in [1.165, 1.54) is 53.8 Å². The number of nitrogens with zero attached hydrogens (tertiary/aromatic N) is 1. The molecule has 0 saturated heterocycles. The molecule has 256 valence electrons. The average molecular weight is 706 g/mol. The van der Waals surface area contributed by atoms with Gasteiger partial charge in [-0.25, -0.2) is 0 Å². The van der Waals surface area contributed by atoms with Crippen molar-refractivity contribution in [3.63, 3.8) is 0 Å². The lowest BCUT2D eigenvalue weighted by Gasteiger charge is -2.34. The van der Waals surface area contributed by atoms with E-state index in [4.69, 9.17) is 0 Å². The normalized spacial score (nSPS) is 11.3. The van der Waals surface area contributed by atoms with Gasteiger partial charge in [-0.2, -0.15) is 0 Å². The van der Waals surface area contributed by atoms with E-state index < -0.39 is 8.07 Å². The molecule has 0 saturated carbocycles. The van der Waals surface area contributed by atoms with Crippen molar-refractivity contribution in [3.05, 3.63) is 237 Å². The number of para-hydroxylation sites is 2. The summed E-state index contributed by atoms with van der Waals surface area (Å²) < 4.78 is 0. The molecule has 0 N–H and O–H groups in total. The Hall–Kier alpha value is -6.74. The highest BCUT2D eigenvalue weighted by Crippen LogP contribution is 2.35. The molecule has 9 aromatic rings. The van der Waals surface area contributed by atoms with Gasteiger partial charge in [0.05, 0.1) is 0 Å². The van der Waals surface area contributed by atoms with Crippen LogP contribution < -0.4 is 25.6 Å². The van der Waals surface area contributed by atoms with Crippen molar-refractivity contribution in [3.8, 4) is 22.3 Å².